The van der Waals surface area contributed by atoms with Crippen LogP contribution in [0.25, 0.3) is 0 Å². The smallest absolute Gasteiger partial charge is 0.264 e. The van der Waals surface area contributed by atoms with Crippen LogP contribution in [0, 0.1) is 0 Å². The highest BCUT2D eigenvalue weighted by Gasteiger charge is 2.43. The molecule has 1 aliphatic heterocycles. The summed E-state index contributed by atoms with van der Waals surface area (Å²) in [7, 11) is -9.49. The van der Waals surface area contributed by atoms with Crippen LogP contribution in [0.4, 0.5) is 5.69 Å². The summed E-state index contributed by atoms with van der Waals surface area (Å²) in [6, 6.07) is 0.862. The van der Waals surface area contributed by atoms with Crippen LogP contribution in [0.2, 0.25) is 0 Å². The van der Waals surface area contributed by atoms with E-state index in [9.17, 15) is 24.2 Å². The second-order valence-electron chi connectivity index (χ2n) is 6.28. The highest BCUT2D eigenvalue weighted by Crippen LogP contribution is 2.38. The quantitative estimate of drug-likeness (QED) is 0.584. The number of nitrogens with zero attached hydrogens (tertiary/aromatic N) is 1. The maximum absolute atomic E-state index is 13.8. The first kappa shape index (κ1) is 11.0. The first-order chi connectivity index (χ1) is 20.5. The van der Waals surface area contributed by atoms with Gasteiger partial charge >= 0.3 is 0 Å². The minimum Gasteiger partial charge on any atom is -0.493 e. The number of fused-ring (bicyclic) bond motifs is 1. The molecule has 0 aromatic heterocycles. The Morgan fingerprint density at radius 2 is 2.06 bits per heavy atom. The molecule has 170 valence electrons. The number of nitrogens with one attached hydrogen (secondary N) is 1. The fourth-order valence-corrected chi connectivity index (χ4v) is 3.48. The zero-order valence-corrected chi connectivity index (χ0v) is 17.0. The lowest BCUT2D eigenvalue weighted by molar-refractivity contribution is -0.114. The van der Waals surface area contributed by atoms with Crippen molar-refractivity contribution in [3.63, 3.8) is 0 Å². The van der Waals surface area contributed by atoms with Crippen molar-refractivity contribution in [1.29, 1.82) is 0 Å². The molecule has 0 saturated heterocycles. The predicted octanol–water partition coefficient (Wildman–Crippen LogP) is 2.43. The van der Waals surface area contributed by atoms with E-state index < -0.39 is 94.1 Å². The molecule has 2 aromatic rings. The highest BCUT2D eigenvalue weighted by atomic mass is 32.2. The Hall–Kier alpha value is -3.40. The average molecular weight is 475 g/mol. The molecule has 3 amide bonds. The number of methoxy groups -OCH3 is 1. The summed E-state index contributed by atoms with van der Waals surface area (Å²) in [5.74, 6) is -5.96. The molecule has 10 heteroatoms. The van der Waals surface area contributed by atoms with Crippen molar-refractivity contribution in [2.75, 3.05) is 30.8 Å². The van der Waals surface area contributed by atoms with Crippen LogP contribution in [0.3, 0.4) is 0 Å². The summed E-state index contributed by atoms with van der Waals surface area (Å²) < 4.78 is 145. The van der Waals surface area contributed by atoms with Crippen molar-refractivity contribution in [3.8, 4) is 11.5 Å². The van der Waals surface area contributed by atoms with Crippen LogP contribution in [-0.4, -0.2) is 56.5 Å². The lowest BCUT2D eigenvalue weighted by Gasteiger charge is -2.27. The average Bonchev–Trinajstić information content (AvgIpc) is 3.12. The van der Waals surface area contributed by atoms with E-state index in [1.54, 1.807) is 0 Å². The number of carbonyl (C=O) groups is 3. The molecular formula is C22H24N2O7S. The minimum atomic E-state index is -6.19. The fraction of sp³-hybridized carbons (Fsp3) is 0.318. The number of anilines is 1. The van der Waals surface area contributed by atoms with Gasteiger partial charge in [0.15, 0.2) is 11.5 Å². The Balaban J connectivity index is 2.46. The maximum atomic E-state index is 13.8. The summed E-state index contributed by atoms with van der Waals surface area (Å²) in [4.78, 5) is 39.0. The predicted molar refractivity (Wildman–Crippen MR) is 118 cm³/mol. The normalized spacial score (nSPS) is 23.7. The molecule has 2 aromatic carbocycles. The Morgan fingerprint density at radius 1 is 1.25 bits per heavy atom. The van der Waals surface area contributed by atoms with Gasteiger partial charge in [-0.15, -0.1) is 0 Å². The molecule has 1 unspecified atom stereocenters. The van der Waals surface area contributed by atoms with Crippen LogP contribution in [0.15, 0.2) is 36.4 Å². The van der Waals surface area contributed by atoms with Gasteiger partial charge in [0.05, 0.1) is 50.4 Å². The molecule has 1 aliphatic rings. The number of sulfone groups is 1. The molecule has 0 radical (unpaired) electrons. The first-order valence-corrected chi connectivity index (χ1v) is 10.1. The van der Waals surface area contributed by atoms with Gasteiger partial charge in [-0.25, -0.2) is 8.42 Å². The van der Waals surface area contributed by atoms with E-state index in [0.29, 0.717) is 18.2 Å². The number of carbonyl (C=O) groups excluding carboxylic acids is 3. The zero-order valence-electron chi connectivity index (χ0n) is 30.2. The number of imide groups is 1. The number of ether oxygens (including phenoxy) is 2. The van der Waals surface area contributed by atoms with Gasteiger partial charge < -0.3 is 14.8 Å². The number of hydrogen-bond donors (Lipinski definition) is 1. The molecule has 0 aliphatic carbocycles. The van der Waals surface area contributed by atoms with Crippen molar-refractivity contribution in [2.24, 2.45) is 0 Å². The van der Waals surface area contributed by atoms with E-state index in [2.05, 4.69) is 5.32 Å². The molecule has 0 bridgehead atoms. The topological polar surface area (TPSA) is 119 Å². The standard InChI is InChI=1S/C22H24N2O7S/c1-5-31-19-11-14(9-10-18(19)30-3)17(12-32(4,28)29)24-21(26)15-7-6-8-16(23-13(2)25)20(15)22(24)27/h6-11,17H,5,12H2,1-4H3,(H,23,25)/i1D3,3D3,4D3,5D2,12D2,17D. The third-order valence-corrected chi connectivity index (χ3v) is 4.63. The molecule has 0 spiro atoms. The van der Waals surface area contributed by atoms with Crippen molar-refractivity contribution in [2.45, 2.75) is 19.8 Å². The molecule has 1 atom stereocenters. The van der Waals surface area contributed by atoms with E-state index >= 15 is 0 Å². The summed E-state index contributed by atoms with van der Waals surface area (Å²) in [6.45, 7) is -6.17. The Kier molecular flexibility index (Phi) is 3.08. The van der Waals surface area contributed by atoms with Gasteiger partial charge in [0, 0.05) is 24.1 Å². The largest absolute Gasteiger partial charge is 0.493 e. The molecular weight excluding hydrogens is 436 g/mol. The van der Waals surface area contributed by atoms with Crippen LogP contribution < -0.4 is 14.8 Å². The van der Waals surface area contributed by atoms with Crippen molar-refractivity contribution < 1.29 is 51.5 Å². The second-order valence-corrected chi connectivity index (χ2v) is 7.49. The van der Waals surface area contributed by atoms with Gasteiger partial charge in [-0.3, -0.25) is 19.3 Å². The summed E-state index contributed by atoms with van der Waals surface area (Å²) >= 11 is 0. The highest BCUT2D eigenvalue weighted by molar-refractivity contribution is 7.90. The zero-order chi connectivity index (χ0) is 35.6. The maximum Gasteiger partial charge on any atom is 0.264 e. The Labute approximate surface area is 205 Å². The third kappa shape index (κ3) is 4.59. The third-order valence-electron chi connectivity index (χ3n) is 4.17. The fourth-order valence-electron chi connectivity index (χ4n) is 3.02. The first-order valence-electron chi connectivity index (χ1n) is 15.6. The monoisotopic (exact) mass is 474 g/mol. The lowest BCUT2D eigenvalue weighted by atomic mass is 10.1. The molecule has 0 fully saturated rings. The van der Waals surface area contributed by atoms with Gasteiger partial charge in [0.1, 0.15) is 9.84 Å². The van der Waals surface area contributed by atoms with Crippen LogP contribution >= 0.6 is 0 Å². The van der Waals surface area contributed by atoms with Crippen LogP contribution in [-0.2, 0) is 14.6 Å². The summed E-state index contributed by atoms with van der Waals surface area (Å²) in [6.07, 6.45) is -4.20. The summed E-state index contributed by atoms with van der Waals surface area (Å²) in [5, 5.41) is 2.25. The summed E-state index contributed by atoms with van der Waals surface area (Å²) in [5.41, 5.74) is -7.08. The molecule has 1 heterocycles. The van der Waals surface area contributed by atoms with E-state index in [1.165, 1.54) is 6.07 Å². The molecule has 1 N–H and O–H groups in total. The van der Waals surface area contributed by atoms with Gasteiger partial charge in [-0.1, -0.05) is 12.1 Å². The van der Waals surface area contributed by atoms with Gasteiger partial charge in [-0.05, 0) is 36.7 Å². The van der Waals surface area contributed by atoms with Crippen molar-refractivity contribution in [1.82, 2.24) is 4.90 Å². The number of rotatable bonds is 8. The molecule has 3 rings (SSSR count). The van der Waals surface area contributed by atoms with E-state index in [1.807, 2.05) is 0 Å². The minimum absolute atomic E-state index is 0.242. The molecule has 0 saturated carbocycles. The van der Waals surface area contributed by atoms with Gasteiger partial charge in [-0.2, -0.15) is 0 Å². The Bertz CT molecular complexity index is 1700. The number of amides is 3. The van der Waals surface area contributed by atoms with Crippen LogP contribution in [0.1, 0.15) is 65.3 Å². The van der Waals surface area contributed by atoms with Crippen LogP contribution in [0.5, 0.6) is 11.5 Å². The van der Waals surface area contributed by atoms with Gasteiger partial charge in [0.25, 0.3) is 11.8 Å². The Morgan fingerprint density at radius 3 is 2.75 bits per heavy atom. The molecule has 9 nitrogen and oxygen atoms in total. The van der Waals surface area contributed by atoms with Crippen molar-refractivity contribution in [3.05, 3.63) is 53.1 Å². The SMILES string of the molecule is [2H]C([2H])([2H])Oc1ccc(C([2H])(N2C(=O)c3cccc(NC(C)=O)c3C2=O)C([2H])([2H])S(=O)(=O)C([2H])([2H])[2H])cc1OC([2H])([2H])C([2H])([2H])[2H]. The van der Waals surface area contributed by atoms with Gasteiger partial charge in [0.2, 0.25) is 5.91 Å². The lowest BCUT2D eigenvalue weighted by Crippen LogP contribution is -2.37. The number of benzene rings is 2. The molecule has 32 heavy (non-hydrogen) atoms. The van der Waals surface area contributed by atoms with E-state index in [-0.39, 0.29) is 10.6 Å². The number of hydrogen-bond acceptors (Lipinski definition) is 7. The second kappa shape index (κ2) is 8.99. The van der Waals surface area contributed by atoms with E-state index in [4.69, 9.17) is 27.3 Å². The van der Waals surface area contributed by atoms with Crippen molar-refractivity contribution >= 4 is 33.2 Å². The van der Waals surface area contributed by atoms with E-state index in [0.717, 1.165) is 19.1 Å².